The Bertz CT molecular complexity index is 414. The number of anilines is 1. The monoisotopic (exact) mass is 236 g/mol. The molecule has 5 heteroatoms. The highest BCUT2D eigenvalue weighted by Crippen LogP contribution is 2.27. The van der Waals surface area contributed by atoms with Crippen LogP contribution in [0.4, 0.5) is 5.69 Å². The fraction of sp³-hybridized carbons (Fsp3) is 0.417. The standard InChI is InChI=1S/C12H16N2O3/c1-16-12(15)11-8(3-2-4-9(11)13)10-7-14-5-6-17-10/h2-4,10,14H,5-7,13H2,1H3. The molecule has 1 saturated heterocycles. The molecule has 0 aliphatic carbocycles. The minimum Gasteiger partial charge on any atom is -0.465 e. The van der Waals surface area contributed by atoms with Crippen molar-refractivity contribution >= 4 is 11.7 Å². The van der Waals surface area contributed by atoms with Crippen LogP contribution in [0.3, 0.4) is 0 Å². The number of nitrogens with one attached hydrogen (secondary N) is 1. The Morgan fingerprint density at radius 3 is 3.06 bits per heavy atom. The van der Waals surface area contributed by atoms with E-state index in [0.717, 1.165) is 12.1 Å². The van der Waals surface area contributed by atoms with Gasteiger partial charge in [0.05, 0.1) is 25.4 Å². The number of nitrogen functional groups attached to an aromatic ring is 1. The van der Waals surface area contributed by atoms with Crippen molar-refractivity contribution in [2.75, 3.05) is 32.5 Å². The first-order valence-corrected chi connectivity index (χ1v) is 5.53. The quantitative estimate of drug-likeness (QED) is 0.584. The van der Waals surface area contributed by atoms with E-state index in [1.54, 1.807) is 6.07 Å². The van der Waals surface area contributed by atoms with E-state index >= 15 is 0 Å². The number of hydrogen-bond donors (Lipinski definition) is 2. The van der Waals surface area contributed by atoms with Gasteiger partial charge in [0.25, 0.3) is 0 Å². The third kappa shape index (κ3) is 2.40. The normalized spacial score (nSPS) is 19.9. The van der Waals surface area contributed by atoms with Crippen LogP contribution in [0.15, 0.2) is 18.2 Å². The Hall–Kier alpha value is -1.59. The van der Waals surface area contributed by atoms with Crippen molar-refractivity contribution in [3.8, 4) is 0 Å². The van der Waals surface area contributed by atoms with Crippen molar-refractivity contribution < 1.29 is 14.3 Å². The summed E-state index contributed by atoms with van der Waals surface area (Å²) in [6.45, 7) is 2.12. The lowest BCUT2D eigenvalue weighted by molar-refractivity contribution is 0.0260. The molecule has 1 atom stereocenters. The zero-order valence-corrected chi connectivity index (χ0v) is 9.73. The van der Waals surface area contributed by atoms with Crippen molar-refractivity contribution in [2.24, 2.45) is 0 Å². The largest absolute Gasteiger partial charge is 0.465 e. The van der Waals surface area contributed by atoms with E-state index in [1.165, 1.54) is 7.11 Å². The second-order valence-corrected chi connectivity index (χ2v) is 3.87. The summed E-state index contributed by atoms with van der Waals surface area (Å²) in [4.78, 5) is 11.7. The summed E-state index contributed by atoms with van der Waals surface area (Å²) in [6, 6.07) is 5.35. The Kier molecular flexibility index (Phi) is 3.61. The molecule has 0 radical (unpaired) electrons. The van der Waals surface area contributed by atoms with E-state index in [0.29, 0.717) is 24.4 Å². The van der Waals surface area contributed by atoms with Gasteiger partial charge < -0.3 is 20.5 Å². The van der Waals surface area contributed by atoms with Crippen LogP contribution in [0.1, 0.15) is 22.0 Å². The first-order valence-electron chi connectivity index (χ1n) is 5.53. The number of carbonyl (C=O) groups excluding carboxylic acids is 1. The molecular weight excluding hydrogens is 220 g/mol. The molecular formula is C12H16N2O3. The highest BCUT2D eigenvalue weighted by molar-refractivity contribution is 5.96. The van der Waals surface area contributed by atoms with Gasteiger partial charge in [-0.1, -0.05) is 12.1 Å². The lowest BCUT2D eigenvalue weighted by Crippen LogP contribution is -2.34. The molecule has 1 aromatic rings. The molecule has 1 fully saturated rings. The summed E-state index contributed by atoms with van der Waals surface area (Å²) in [7, 11) is 1.35. The fourth-order valence-electron chi connectivity index (χ4n) is 1.96. The van der Waals surface area contributed by atoms with Crippen LogP contribution in [0, 0.1) is 0 Å². The van der Waals surface area contributed by atoms with Crippen LogP contribution in [-0.4, -0.2) is 32.8 Å². The third-order valence-electron chi connectivity index (χ3n) is 2.79. The summed E-state index contributed by atoms with van der Waals surface area (Å²) in [6.07, 6.45) is -0.152. The van der Waals surface area contributed by atoms with Crippen LogP contribution >= 0.6 is 0 Å². The molecule has 0 bridgehead atoms. The summed E-state index contributed by atoms with van der Waals surface area (Å²) >= 11 is 0. The van der Waals surface area contributed by atoms with Crippen molar-refractivity contribution in [3.05, 3.63) is 29.3 Å². The summed E-state index contributed by atoms with van der Waals surface area (Å²) < 4.78 is 10.4. The molecule has 1 aliphatic heterocycles. The van der Waals surface area contributed by atoms with Crippen LogP contribution in [0.25, 0.3) is 0 Å². The van der Waals surface area contributed by atoms with Crippen LogP contribution in [-0.2, 0) is 9.47 Å². The molecule has 1 aliphatic rings. The number of esters is 1. The van der Waals surface area contributed by atoms with Gasteiger partial charge in [0.1, 0.15) is 0 Å². The smallest absolute Gasteiger partial charge is 0.340 e. The topological polar surface area (TPSA) is 73.6 Å². The zero-order chi connectivity index (χ0) is 12.3. The first kappa shape index (κ1) is 11.9. The van der Waals surface area contributed by atoms with Gasteiger partial charge in [-0.05, 0) is 11.6 Å². The van der Waals surface area contributed by atoms with E-state index in [4.69, 9.17) is 15.2 Å². The number of nitrogens with two attached hydrogens (primary N) is 1. The lowest BCUT2D eigenvalue weighted by atomic mass is 10.00. The van der Waals surface area contributed by atoms with Gasteiger partial charge in [-0.15, -0.1) is 0 Å². The number of carbonyl (C=O) groups is 1. The second kappa shape index (κ2) is 5.16. The third-order valence-corrected chi connectivity index (χ3v) is 2.79. The number of methoxy groups -OCH3 is 1. The maximum absolute atomic E-state index is 11.7. The van der Waals surface area contributed by atoms with E-state index in [9.17, 15) is 4.79 Å². The summed E-state index contributed by atoms with van der Waals surface area (Å²) in [5, 5.41) is 3.22. The SMILES string of the molecule is COC(=O)c1c(N)cccc1C1CNCCO1. The summed E-state index contributed by atoms with van der Waals surface area (Å²) in [5.74, 6) is -0.424. The highest BCUT2D eigenvalue weighted by atomic mass is 16.5. The van der Waals surface area contributed by atoms with Crippen molar-refractivity contribution in [3.63, 3.8) is 0 Å². The van der Waals surface area contributed by atoms with E-state index < -0.39 is 5.97 Å². The molecule has 5 nitrogen and oxygen atoms in total. The first-order chi connectivity index (χ1) is 8.24. The number of benzene rings is 1. The van der Waals surface area contributed by atoms with Gasteiger partial charge in [0, 0.05) is 18.8 Å². The second-order valence-electron chi connectivity index (χ2n) is 3.87. The van der Waals surface area contributed by atoms with Gasteiger partial charge in [0.15, 0.2) is 0 Å². The molecule has 1 heterocycles. The Balaban J connectivity index is 2.38. The average molecular weight is 236 g/mol. The molecule has 1 unspecified atom stereocenters. The maximum atomic E-state index is 11.7. The van der Waals surface area contributed by atoms with Gasteiger partial charge in [-0.3, -0.25) is 0 Å². The average Bonchev–Trinajstić information content (AvgIpc) is 2.38. The van der Waals surface area contributed by atoms with Crippen molar-refractivity contribution in [1.82, 2.24) is 5.32 Å². The van der Waals surface area contributed by atoms with Gasteiger partial charge in [-0.2, -0.15) is 0 Å². The van der Waals surface area contributed by atoms with Crippen LogP contribution in [0.5, 0.6) is 0 Å². The Morgan fingerprint density at radius 2 is 2.41 bits per heavy atom. The molecule has 2 rings (SSSR count). The molecule has 92 valence electrons. The van der Waals surface area contributed by atoms with Crippen molar-refractivity contribution in [2.45, 2.75) is 6.10 Å². The van der Waals surface area contributed by atoms with Crippen molar-refractivity contribution in [1.29, 1.82) is 0 Å². The highest BCUT2D eigenvalue weighted by Gasteiger charge is 2.24. The van der Waals surface area contributed by atoms with Crippen LogP contribution in [0.2, 0.25) is 0 Å². The number of hydrogen-bond acceptors (Lipinski definition) is 5. The number of morpholine rings is 1. The number of ether oxygens (including phenoxy) is 2. The Morgan fingerprint density at radius 1 is 1.59 bits per heavy atom. The molecule has 0 aromatic heterocycles. The van der Waals surface area contributed by atoms with Gasteiger partial charge in [-0.25, -0.2) is 4.79 Å². The van der Waals surface area contributed by atoms with Gasteiger partial charge in [0.2, 0.25) is 0 Å². The molecule has 3 N–H and O–H groups in total. The van der Waals surface area contributed by atoms with Crippen LogP contribution < -0.4 is 11.1 Å². The molecule has 17 heavy (non-hydrogen) atoms. The molecule has 1 aromatic carbocycles. The predicted octanol–water partition coefficient (Wildman–Crippen LogP) is 0.716. The maximum Gasteiger partial charge on any atom is 0.340 e. The Labute approximate surface area is 99.9 Å². The number of rotatable bonds is 2. The molecule has 0 spiro atoms. The zero-order valence-electron chi connectivity index (χ0n) is 9.73. The minimum atomic E-state index is -0.424. The molecule has 0 amide bonds. The van der Waals surface area contributed by atoms with Gasteiger partial charge >= 0.3 is 5.97 Å². The fourth-order valence-corrected chi connectivity index (χ4v) is 1.96. The minimum absolute atomic E-state index is 0.152. The van der Waals surface area contributed by atoms with E-state index in [2.05, 4.69) is 5.32 Å². The van der Waals surface area contributed by atoms with E-state index in [-0.39, 0.29) is 6.10 Å². The van der Waals surface area contributed by atoms with E-state index in [1.807, 2.05) is 12.1 Å². The lowest BCUT2D eigenvalue weighted by Gasteiger charge is -2.25. The summed E-state index contributed by atoms with van der Waals surface area (Å²) in [5.41, 5.74) is 7.44. The molecule has 0 saturated carbocycles. The predicted molar refractivity (Wildman–Crippen MR) is 63.8 cm³/mol.